The summed E-state index contributed by atoms with van der Waals surface area (Å²) in [6.07, 6.45) is 0. The van der Waals surface area contributed by atoms with E-state index in [0.717, 1.165) is 17.1 Å². The van der Waals surface area contributed by atoms with E-state index in [1.807, 2.05) is 0 Å². The Bertz CT molecular complexity index is 2620. The lowest BCUT2D eigenvalue weighted by molar-refractivity contribution is 0.438. The predicted octanol–water partition coefficient (Wildman–Crippen LogP) is 12.2. The Kier molecular flexibility index (Phi) is 5.86. The molecule has 0 bridgehead atoms. The fourth-order valence-electron chi connectivity index (χ4n) is 9.67. The molecule has 1 nitrogen and oxygen atoms in total. The van der Waals surface area contributed by atoms with Gasteiger partial charge in [0.25, 0.3) is 0 Å². The molecular formula is C50H32O. The normalized spacial score (nSPS) is 16.6. The molecule has 1 unspecified atom stereocenters. The first-order chi connectivity index (χ1) is 25.3. The number of benzene rings is 8. The van der Waals surface area contributed by atoms with Crippen LogP contribution in [0.25, 0.3) is 33.4 Å². The number of fused-ring (bicyclic) bond motifs is 8. The van der Waals surface area contributed by atoms with Gasteiger partial charge in [-0.2, -0.15) is 0 Å². The third-order valence-corrected chi connectivity index (χ3v) is 11.6. The van der Waals surface area contributed by atoms with Crippen LogP contribution in [-0.4, -0.2) is 0 Å². The van der Waals surface area contributed by atoms with E-state index in [2.05, 4.69) is 194 Å². The Hall–Kier alpha value is -6.44. The van der Waals surface area contributed by atoms with Crippen molar-refractivity contribution < 1.29 is 4.74 Å². The van der Waals surface area contributed by atoms with Crippen LogP contribution in [0.3, 0.4) is 0 Å². The zero-order valence-electron chi connectivity index (χ0n) is 27.9. The second kappa shape index (κ2) is 10.5. The minimum absolute atomic E-state index is 0.458. The molecule has 1 aliphatic heterocycles. The van der Waals surface area contributed by atoms with Gasteiger partial charge in [-0.1, -0.05) is 170 Å². The summed E-state index contributed by atoms with van der Waals surface area (Å²) in [5.41, 5.74) is 16.6. The van der Waals surface area contributed by atoms with Crippen molar-refractivity contribution in [3.05, 3.63) is 239 Å². The first-order valence-corrected chi connectivity index (χ1v) is 17.8. The highest BCUT2D eigenvalue weighted by Crippen LogP contribution is 2.64. The lowest BCUT2D eigenvalue weighted by Crippen LogP contribution is -2.31. The maximum absolute atomic E-state index is 6.93. The van der Waals surface area contributed by atoms with Gasteiger partial charge >= 0.3 is 0 Å². The smallest absolute Gasteiger partial charge is 0.133 e. The van der Waals surface area contributed by atoms with Gasteiger partial charge in [0.1, 0.15) is 11.5 Å². The maximum atomic E-state index is 6.93. The zero-order valence-corrected chi connectivity index (χ0v) is 27.9. The second-order valence-electron chi connectivity index (χ2n) is 13.9. The first kappa shape index (κ1) is 28.4. The van der Waals surface area contributed by atoms with Crippen LogP contribution >= 0.6 is 0 Å². The van der Waals surface area contributed by atoms with Crippen LogP contribution in [0.4, 0.5) is 0 Å². The summed E-state index contributed by atoms with van der Waals surface area (Å²) < 4.78 is 6.93. The van der Waals surface area contributed by atoms with Crippen molar-refractivity contribution in [3.63, 3.8) is 0 Å². The SMILES string of the molecule is c1ccc(C2(c3ccccc3)c3ccccc3-c3ccc(-c4cc5c6c(c4)-c4ccccc4C6(c4ccccc4)c4ccccc4O5)cc32)cc1. The average Bonchev–Trinajstić information content (AvgIpc) is 3.68. The molecule has 0 saturated heterocycles. The van der Waals surface area contributed by atoms with Crippen LogP contribution in [0.2, 0.25) is 0 Å². The molecule has 1 heteroatoms. The van der Waals surface area contributed by atoms with Gasteiger partial charge in [0.05, 0.1) is 10.8 Å². The van der Waals surface area contributed by atoms with Crippen LogP contribution < -0.4 is 4.74 Å². The van der Waals surface area contributed by atoms with Gasteiger partial charge in [-0.15, -0.1) is 0 Å². The lowest BCUT2D eigenvalue weighted by Gasteiger charge is -2.39. The molecule has 1 heterocycles. The lowest BCUT2D eigenvalue weighted by atomic mass is 9.66. The van der Waals surface area contributed by atoms with Crippen LogP contribution in [0, 0.1) is 0 Å². The van der Waals surface area contributed by atoms with Crippen LogP contribution in [0.1, 0.15) is 44.5 Å². The monoisotopic (exact) mass is 648 g/mol. The van der Waals surface area contributed by atoms with Gasteiger partial charge in [-0.05, 0) is 91.0 Å². The van der Waals surface area contributed by atoms with E-state index in [0.29, 0.717) is 0 Å². The summed E-state index contributed by atoms with van der Waals surface area (Å²) in [5.74, 6) is 1.83. The standard InChI is InChI=1S/C50H32O/c1-4-16-35(17-5-1)49(36-18-6-2-7-19-36)42-24-12-10-22-38(42)40-29-28-33(31-45(40)49)34-30-41-39-23-11-13-25-43(39)50(37-20-8-3-9-21-37)44-26-14-15-27-46(44)51-47(32-34)48(41)50/h1-32H. The molecule has 0 amide bonds. The van der Waals surface area contributed by atoms with E-state index in [1.54, 1.807) is 0 Å². The van der Waals surface area contributed by atoms with Crippen LogP contribution in [-0.2, 0) is 10.8 Å². The molecule has 0 saturated carbocycles. The summed E-state index contributed by atoms with van der Waals surface area (Å²) in [6.45, 7) is 0. The van der Waals surface area contributed by atoms with E-state index < -0.39 is 10.8 Å². The Labute approximate surface area is 298 Å². The largest absolute Gasteiger partial charge is 0.457 e. The van der Waals surface area contributed by atoms with E-state index in [4.69, 9.17) is 4.74 Å². The molecular weight excluding hydrogens is 617 g/mol. The van der Waals surface area contributed by atoms with Crippen molar-refractivity contribution in [2.45, 2.75) is 10.8 Å². The molecule has 2 aliphatic carbocycles. The number of hydrogen-bond acceptors (Lipinski definition) is 1. The van der Waals surface area contributed by atoms with Crippen molar-refractivity contribution in [1.29, 1.82) is 0 Å². The highest BCUT2D eigenvalue weighted by molar-refractivity contribution is 5.94. The van der Waals surface area contributed by atoms with Crippen molar-refractivity contribution in [2.75, 3.05) is 0 Å². The minimum atomic E-state index is -0.467. The molecule has 1 atom stereocenters. The van der Waals surface area contributed by atoms with Gasteiger partial charge in [-0.25, -0.2) is 0 Å². The quantitative estimate of drug-likeness (QED) is 0.185. The fraction of sp³-hybridized carbons (Fsp3) is 0.0400. The van der Waals surface area contributed by atoms with Crippen LogP contribution in [0.15, 0.2) is 194 Å². The number of para-hydroxylation sites is 1. The summed E-state index contributed by atoms with van der Waals surface area (Å²) in [5, 5.41) is 0. The first-order valence-electron chi connectivity index (χ1n) is 17.8. The van der Waals surface area contributed by atoms with E-state index in [1.165, 1.54) is 72.3 Å². The number of rotatable bonds is 4. The molecule has 3 aliphatic rings. The van der Waals surface area contributed by atoms with Crippen molar-refractivity contribution in [1.82, 2.24) is 0 Å². The van der Waals surface area contributed by atoms with Gasteiger partial charge in [-0.3, -0.25) is 0 Å². The highest BCUT2D eigenvalue weighted by atomic mass is 16.5. The average molecular weight is 649 g/mol. The third kappa shape index (κ3) is 3.65. The van der Waals surface area contributed by atoms with Crippen molar-refractivity contribution >= 4 is 0 Å². The molecule has 8 aromatic rings. The Morgan fingerprint density at radius 1 is 0.294 bits per heavy atom. The van der Waals surface area contributed by atoms with Gasteiger partial charge in [0, 0.05) is 11.1 Å². The summed E-state index contributed by atoms with van der Waals surface area (Å²) in [4.78, 5) is 0. The zero-order chi connectivity index (χ0) is 33.6. The molecule has 11 rings (SSSR count). The molecule has 0 spiro atoms. The van der Waals surface area contributed by atoms with Gasteiger partial charge in [0.2, 0.25) is 0 Å². The molecule has 0 N–H and O–H groups in total. The fourth-order valence-corrected chi connectivity index (χ4v) is 9.67. The maximum Gasteiger partial charge on any atom is 0.133 e. The van der Waals surface area contributed by atoms with Crippen molar-refractivity contribution in [3.8, 4) is 44.9 Å². The number of ether oxygens (including phenoxy) is 1. The topological polar surface area (TPSA) is 9.23 Å². The van der Waals surface area contributed by atoms with E-state index >= 15 is 0 Å². The second-order valence-corrected chi connectivity index (χ2v) is 13.9. The van der Waals surface area contributed by atoms with Crippen molar-refractivity contribution in [2.24, 2.45) is 0 Å². The predicted molar refractivity (Wildman–Crippen MR) is 207 cm³/mol. The van der Waals surface area contributed by atoms with E-state index in [9.17, 15) is 0 Å². The summed E-state index contributed by atoms with van der Waals surface area (Å²) >= 11 is 0. The van der Waals surface area contributed by atoms with E-state index in [-0.39, 0.29) is 0 Å². The summed E-state index contributed by atoms with van der Waals surface area (Å²) in [7, 11) is 0. The third-order valence-electron chi connectivity index (χ3n) is 11.6. The van der Waals surface area contributed by atoms with Gasteiger partial charge < -0.3 is 4.74 Å². The molecule has 8 aromatic carbocycles. The molecule has 0 fully saturated rings. The Balaban J connectivity index is 1.20. The van der Waals surface area contributed by atoms with Crippen LogP contribution in [0.5, 0.6) is 11.5 Å². The number of hydrogen-bond donors (Lipinski definition) is 0. The summed E-state index contributed by atoms with van der Waals surface area (Å²) in [6, 6.07) is 71.3. The Morgan fingerprint density at radius 3 is 1.43 bits per heavy atom. The minimum Gasteiger partial charge on any atom is -0.457 e. The van der Waals surface area contributed by atoms with Gasteiger partial charge in [0.15, 0.2) is 0 Å². The Morgan fingerprint density at radius 2 is 0.784 bits per heavy atom. The molecule has 51 heavy (non-hydrogen) atoms. The highest BCUT2D eigenvalue weighted by Gasteiger charge is 2.52. The molecule has 0 aromatic heterocycles. The molecule has 238 valence electrons. The molecule has 0 radical (unpaired) electrons.